The van der Waals surface area contributed by atoms with Crippen molar-refractivity contribution in [2.75, 3.05) is 33.0 Å². The second-order valence-electron chi connectivity index (χ2n) is 7.23. The Bertz CT molecular complexity index is 946. The van der Waals surface area contributed by atoms with Gasteiger partial charge < -0.3 is 9.47 Å². The molecule has 2 aliphatic heterocycles. The Morgan fingerprint density at radius 2 is 1.59 bits per heavy atom. The molecule has 5 rings (SSSR count). The topological polar surface area (TPSA) is 37.8 Å². The van der Waals surface area contributed by atoms with Crippen molar-refractivity contribution in [2.45, 2.75) is 13.1 Å². The van der Waals surface area contributed by atoms with Gasteiger partial charge in [-0.25, -0.2) is 0 Å². The van der Waals surface area contributed by atoms with Crippen molar-refractivity contribution in [1.29, 1.82) is 0 Å². The maximum atomic E-state index is 5.49. The molecule has 2 aliphatic rings. The molecule has 5 nitrogen and oxygen atoms in total. The highest BCUT2D eigenvalue weighted by molar-refractivity contribution is 5.81. The predicted molar refractivity (Wildman–Crippen MR) is 105 cm³/mol. The van der Waals surface area contributed by atoms with Crippen molar-refractivity contribution < 1.29 is 9.47 Å². The van der Waals surface area contributed by atoms with Gasteiger partial charge in [0.2, 0.25) is 6.79 Å². The molecule has 3 aromatic rings. The Hall–Kier alpha value is -2.63. The molecule has 27 heavy (non-hydrogen) atoms. The van der Waals surface area contributed by atoms with Crippen LogP contribution in [0.4, 0.5) is 0 Å². The fourth-order valence-electron chi connectivity index (χ4n) is 3.94. The molecule has 0 amide bonds. The monoisotopic (exact) mass is 361 g/mol. The van der Waals surface area contributed by atoms with Crippen LogP contribution in [0.1, 0.15) is 11.1 Å². The second-order valence-corrected chi connectivity index (χ2v) is 7.23. The third-order valence-corrected chi connectivity index (χ3v) is 5.42. The molecule has 3 heterocycles. The number of benzene rings is 2. The lowest BCUT2D eigenvalue weighted by molar-refractivity contribution is 0.122. The number of hydrogen-bond acceptors (Lipinski definition) is 5. The number of hydrogen-bond donors (Lipinski definition) is 0. The second kappa shape index (κ2) is 7.18. The van der Waals surface area contributed by atoms with Gasteiger partial charge in [-0.15, -0.1) is 0 Å². The van der Waals surface area contributed by atoms with Gasteiger partial charge in [-0.2, -0.15) is 0 Å². The molecule has 0 spiro atoms. The Morgan fingerprint density at radius 1 is 0.815 bits per heavy atom. The van der Waals surface area contributed by atoms with E-state index >= 15 is 0 Å². The number of pyridine rings is 1. The van der Waals surface area contributed by atoms with Gasteiger partial charge in [0.25, 0.3) is 0 Å². The van der Waals surface area contributed by atoms with E-state index in [-0.39, 0.29) is 0 Å². The smallest absolute Gasteiger partial charge is 0.231 e. The summed E-state index contributed by atoms with van der Waals surface area (Å²) in [5.41, 5.74) is 3.73. The molecule has 1 fully saturated rings. The molecular weight excluding hydrogens is 338 g/mol. The quantitative estimate of drug-likeness (QED) is 0.713. The summed E-state index contributed by atoms with van der Waals surface area (Å²) < 4.78 is 10.9. The predicted octanol–water partition coefficient (Wildman–Crippen LogP) is 3.28. The third kappa shape index (κ3) is 3.48. The summed E-state index contributed by atoms with van der Waals surface area (Å²) in [5, 5.41) is 1.22. The molecule has 0 aliphatic carbocycles. The fourth-order valence-corrected chi connectivity index (χ4v) is 3.94. The first-order valence-corrected chi connectivity index (χ1v) is 9.51. The summed E-state index contributed by atoms with van der Waals surface area (Å²) in [5.74, 6) is 1.72. The summed E-state index contributed by atoms with van der Waals surface area (Å²) in [7, 11) is 0. The van der Waals surface area contributed by atoms with E-state index in [1.165, 1.54) is 16.5 Å². The van der Waals surface area contributed by atoms with E-state index in [0.717, 1.165) is 56.3 Å². The van der Waals surface area contributed by atoms with Crippen LogP contribution in [0.15, 0.2) is 54.7 Å². The summed E-state index contributed by atoms with van der Waals surface area (Å²) in [6, 6.07) is 16.9. The highest BCUT2D eigenvalue weighted by atomic mass is 16.7. The van der Waals surface area contributed by atoms with Crippen LogP contribution < -0.4 is 9.47 Å². The zero-order chi connectivity index (χ0) is 18.1. The van der Waals surface area contributed by atoms with E-state index in [1.807, 2.05) is 18.3 Å². The SMILES string of the molecule is c1cnc2c(CN3CCN(Cc4ccc5c(c4)OCO5)CC3)cccc2c1. The molecule has 0 unspecified atom stereocenters. The van der Waals surface area contributed by atoms with Crippen LogP contribution in [0.5, 0.6) is 11.5 Å². The minimum absolute atomic E-state index is 0.334. The van der Waals surface area contributed by atoms with Gasteiger partial charge in [0.1, 0.15) is 0 Å². The van der Waals surface area contributed by atoms with E-state index in [9.17, 15) is 0 Å². The van der Waals surface area contributed by atoms with E-state index in [2.05, 4.69) is 51.2 Å². The molecule has 0 N–H and O–H groups in total. The minimum Gasteiger partial charge on any atom is -0.454 e. The zero-order valence-corrected chi connectivity index (χ0v) is 15.3. The van der Waals surface area contributed by atoms with Crippen LogP contribution in [0.25, 0.3) is 10.9 Å². The lowest BCUT2D eigenvalue weighted by atomic mass is 10.1. The van der Waals surface area contributed by atoms with Gasteiger partial charge in [0, 0.05) is 50.9 Å². The number of rotatable bonds is 4. The van der Waals surface area contributed by atoms with Crippen molar-refractivity contribution in [2.24, 2.45) is 0 Å². The lowest BCUT2D eigenvalue weighted by Gasteiger charge is -2.34. The summed E-state index contributed by atoms with van der Waals surface area (Å²) in [4.78, 5) is 9.62. The Morgan fingerprint density at radius 3 is 2.48 bits per heavy atom. The van der Waals surface area contributed by atoms with Gasteiger partial charge in [-0.05, 0) is 29.3 Å². The normalized spacial score (nSPS) is 17.5. The summed E-state index contributed by atoms with van der Waals surface area (Å²) in [6.07, 6.45) is 1.88. The van der Waals surface area contributed by atoms with E-state index < -0.39 is 0 Å². The Balaban J connectivity index is 1.20. The van der Waals surface area contributed by atoms with Crippen molar-refractivity contribution >= 4 is 10.9 Å². The number of para-hydroxylation sites is 1. The average molecular weight is 361 g/mol. The van der Waals surface area contributed by atoms with Gasteiger partial charge in [-0.3, -0.25) is 14.8 Å². The van der Waals surface area contributed by atoms with E-state index in [1.54, 1.807) is 0 Å². The molecule has 5 heteroatoms. The highest BCUT2D eigenvalue weighted by Gasteiger charge is 2.19. The van der Waals surface area contributed by atoms with Crippen LogP contribution in [-0.4, -0.2) is 47.8 Å². The Kier molecular flexibility index (Phi) is 4.40. The van der Waals surface area contributed by atoms with Crippen molar-refractivity contribution in [3.8, 4) is 11.5 Å². The van der Waals surface area contributed by atoms with Crippen LogP contribution in [0, 0.1) is 0 Å². The molecule has 0 saturated carbocycles. The molecular formula is C22H23N3O2. The number of fused-ring (bicyclic) bond motifs is 2. The minimum atomic E-state index is 0.334. The standard InChI is InChI=1S/C22H23N3O2/c1-3-18-5-2-8-23-22(18)19(4-1)15-25-11-9-24(10-12-25)14-17-6-7-20-21(13-17)27-16-26-20/h1-8,13H,9-12,14-16H2. The van der Waals surface area contributed by atoms with Crippen LogP contribution in [0.3, 0.4) is 0 Å². The molecule has 138 valence electrons. The van der Waals surface area contributed by atoms with Crippen molar-refractivity contribution in [3.05, 3.63) is 65.9 Å². The largest absolute Gasteiger partial charge is 0.454 e. The van der Waals surface area contributed by atoms with Gasteiger partial charge in [0.15, 0.2) is 11.5 Å². The molecule has 2 aromatic carbocycles. The molecule has 1 saturated heterocycles. The zero-order valence-electron chi connectivity index (χ0n) is 15.3. The first-order chi connectivity index (χ1) is 13.3. The molecule has 0 atom stereocenters. The molecule has 0 bridgehead atoms. The van der Waals surface area contributed by atoms with Gasteiger partial charge >= 0.3 is 0 Å². The first-order valence-electron chi connectivity index (χ1n) is 9.51. The number of aromatic nitrogens is 1. The highest BCUT2D eigenvalue weighted by Crippen LogP contribution is 2.32. The molecule has 1 aromatic heterocycles. The Labute approximate surface area is 159 Å². The van der Waals surface area contributed by atoms with Gasteiger partial charge in [0.05, 0.1) is 5.52 Å². The van der Waals surface area contributed by atoms with Crippen molar-refractivity contribution in [3.63, 3.8) is 0 Å². The maximum Gasteiger partial charge on any atom is 0.231 e. The van der Waals surface area contributed by atoms with Gasteiger partial charge in [-0.1, -0.05) is 30.3 Å². The summed E-state index contributed by atoms with van der Waals surface area (Å²) in [6.45, 7) is 6.56. The van der Waals surface area contributed by atoms with E-state index in [0.29, 0.717) is 6.79 Å². The van der Waals surface area contributed by atoms with E-state index in [4.69, 9.17) is 9.47 Å². The fraction of sp³-hybridized carbons (Fsp3) is 0.318. The maximum absolute atomic E-state index is 5.49. The lowest BCUT2D eigenvalue weighted by Crippen LogP contribution is -2.45. The van der Waals surface area contributed by atoms with Crippen LogP contribution >= 0.6 is 0 Å². The van der Waals surface area contributed by atoms with Crippen LogP contribution in [-0.2, 0) is 13.1 Å². The number of piperazine rings is 1. The first kappa shape index (κ1) is 16.5. The summed E-state index contributed by atoms with van der Waals surface area (Å²) >= 11 is 0. The number of ether oxygens (including phenoxy) is 2. The van der Waals surface area contributed by atoms with Crippen molar-refractivity contribution in [1.82, 2.24) is 14.8 Å². The van der Waals surface area contributed by atoms with Crippen LogP contribution in [0.2, 0.25) is 0 Å². The molecule has 0 radical (unpaired) electrons. The third-order valence-electron chi connectivity index (χ3n) is 5.42. The number of nitrogens with zero attached hydrogens (tertiary/aromatic N) is 3. The average Bonchev–Trinajstić information content (AvgIpc) is 3.18.